The predicted octanol–water partition coefficient (Wildman–Crippen LogP) is 2.77. The first-order chi connectivity index (χ1) is 13.5. The molecular formula is C21H37BN2O4Sn. The molecule has 29 heavy (non-hydrogen) atoms. The molecular weight excluding hydrogens is 474 g/mol. The Morgan fingerprint density at radius 1 is 1.14 bits per heavy atom. The molecule has 8 heteroatoms. The van der Waals surface area contributed by atoms with Gasteiger partial charge in [0.05, 0.1) is 0 Å². The summed E-state index contributed by atoms with van der Waals surface area (Å²) in [6, 6.07) is 0. The van der Waals surface area contributed by atoms with E-state index in [1.807, 2.05) is 0 Å². The van der Waals surface area contributed by atoms with E-state index in [-0.39, 0.29) is 26.1 Å². The monoisotopic (exact) mass is 512 g/mol. The van der Waals surface area contributed by atoms with Crippen LogP contribution in [-0.4, -0.2) is 87.3 Å². The molecule has 0 bridgehead atoms. The summed E-state index contributed by atoms with van der Waals surface area (Å²) < 4.78 is 12.0. The number of hydrogen-bond acceptors (Lipinski definition) is 6. The number of esters is 2. The molecule has 1 heterocycles. The third-order valence-electron chi connectivity index (χ3n) is 6.29. The maximum absolute atomic E-state index is 13.0. The predicted molar refractivity (Wildman–Crippen MR) is 120 cm³/mol. The van der Waals surface area contributed by atoms with Crippen molar-refractivity contribution in [2.45, 2.75) is 41.5 Å². The van der Waals surface area contributed by atoms with Gasteiger partial charge in [0, 0.05) is 0 Å². The molecule has 2 rings (SSSR count). The molecule has 2 aliphatic rings. The Balaban J connectivity index is 2.52. The van der Waals surface area contributed by atoms with E-state index in [1.54, 1.807) is 13.8 Å². The number of likely N-dealkylation sites (N-methyl/N-ethyl adjacent to an activating group) is 2. The molecule has 1 saturated heterocycles. The number of hydrogen-bond donors (Lipinski definition) is 0. The van der Waals surface area contributed by atoms with E-state index >= 15 is 0 Å². The average Bonchev–Trinajstić information content (AvgIpc) is 3.17. The summed E-state index contributed by atoms with van der Waals surface area (Å²) in [5, 5.41) is 0. The van der Waals surface area contributed by atoms with E-state index in [0.29, 0.717) is 12.8 Å². The Labute approximate surface area is 180 Å². The van der Waals surface area contributed by atoms with Gasteiger partial charge in [-0.25, -0.2) is 0 Å². The Kier molecular flexibility index (Phi) is 8.07. The summed E-state index contributed by atoms with van der Waals surface area (Å²) in [5.41, 5.74) is -0.133. The zero-order valence-corrected chi connectivity index (χ0v) is 22.1. The normalized spacial score (nSPS) is 24.2. The quantitative estimate of drug-likeness (QED) is 0.298. The van der Waals surface area contributed by atoms with Crippen molar-refractivity contribution in [1.29, 1.82) is 0 Å². The van der Waals surface area contributed by atoms with Crippen molar-refractivity contribution in [3.05, 3.63) is 21.7 Å². The molecule has 0 radical (unpaired) electrons. The third kappa shape index (κ3) is 5.10. The molecule has 0 aromatic heterocycles. The Bertz CT molecular complexity index is 661. The van der Waals surface area contributed by atoms with Gasteiger partial charge in [-0.15, -0.1) is 0 Å². The van der Waals surface area contributed by atoms with Gasteiger partial charge in [-0.3, -0.25) is 0 Å². The fourth-order valence-corrected chi connectivity index (χ4v) is 8.17. The number of nitrogens with zero attached hydrogens (tertiary/aromatic N) is 2. The summed E-state index contributed by atoms with van der Waals surface area (Å²) in [6.45, 7) is 10.7. The van der Waals surface area contributed by atoms with E-state index in [4.69, 9.17) is 9.47 Å². The fourth-order valence-electron chi connectivity index (χ4n) is 4.36. The Morgan fingerprint density at radius 2 is 1.62 bits per heavy atom. The first-order valence-electron chi connectivity index (χ1n) is 10.6. The van der Waals surface area contributed by atoms with E-state index < -0.39 is 35.7 Å². The summed E-state index contributed by atoms with van der Waals surface area (Å²) in [6.07, 6.45) is 0.762. The summed E-state index contributed by atoms with van der Waals surface area (Å²) in [4.78, 5) is 37.6. The molecule has 2 fully saturated rings. The van der Waals surface area contributed by atoms with Gasteiger partial charge in [0.2, 0.25) is 0 Å². The zero-order valence-electron chi connectivity index (χ0n) is 19.2. The fraction of sp³-hybridized carbons (Fsp3) is 0.714. The first kappa shape index (κ1) is 24.5. The van der Waals surface area contributed by atoms with E-state index in [0.717, 1.165) is 18.7 Å². The van der Waals surface area contributed by atoms with Gasteiger partial charge in [0.1, 0.15) is 0 Å². The van der Waals surface area contributed by atoms with Crippen molar-refractivity contribution in [2.75, 3.05) is 40.4 Å². The van der Waals surface area contributed by atoms with Crippen LogP contribution in [0.25, 0.3) is 0 Å². The van der Waals surface area contributed by atoms with Gasteiger partial charge in [-0.1, -0.05) is 0 Å². The second kappa shape index (κ2) is 9.56. The van der Waals surface area contributed by atoms with Gasteiger partial charge < -0.3 is 0 Å². The molecule has 0 aromatic carbocycles. The van der Waals surface area contributed by atoms with Gasteiger partial charge in [0.15, 0.2) is 0 Å². The molecule has 1 atom stereocenters. The average molecular weight is 511 g/mol. The Hall–Kier alpha value is -0.796. The van der Waals surface area contributed by atoms with Crippen LogP contribution in [0.3, 0.4) is 0 Å². The second-order valence-electron chi connectivity index (χ2n) is 9.35. The Morgan fingerprint density at radius 3 is 2.03 bits per heavy atom. The molecule has 6 nitrogen and oxygen atoms in total. The van der Waals surface area contributed by atoms with Crippen LogP contribution < -0.4 is 0 Å². The first-order valence-corrected chi connectivity index (χ1v) is 20.6. The van der Waals surface area contributed by atoms with Crippen molar-refractivity contribution in [3.63, 3.8) is 0 Å². The van der Waals surface area contributed by atoms with Crippen molar-refractivity contribution in [1.82, 2.24) is 9.62 Å². The summed E-state index contributed by atoms with van der Waals surface area (Å²) in [5.74, 6) is 1.36. The second-order valence-corrected chi connectivity index (χ2v) is 24.0. The van der Waals surface area contributed by atoms with Gasteiger partial charge in [0.25, 0.3) is 0 Å². The molecule has 0 aromatic rings. The van der Waals surface area contributed by atoms with Crippen LogP contribution in [0.2, 0.25) is 14.8 Å². The summed E-state index contributed by atoms with van der Waals surface area (Å²) in [7, 11) is 4.22. The molecule has 0 amide bonds. The van der Waals surface area contributed by atoms with Crippen molar-refractivity contribution >= 4 is 37.3 Å². The molecule has 1 saturated carbocycles. The number of ether oxygens (including phenoxy) is 2. The standard InChI is InChI=1S/C18H28BN2O4.3CH3.Sn/c1-6-14-11-18(16(22)24-7-2,17(23)25-8-3)12-15(14)13-19-20(4)9-10-21(19)5;;;;/h13-14H,1,7-12H2,2-5H3;3*1H3;/b15-13-;;;;. The van der Waals surface area contributed by atoms with Crippen molar-refractivity contribution in [2.24, 2.45) is 11.3 Å². The van der Waals surface area contributed by atoms with Crippen LogP contribution in [0.5, 0.6) is 0 Å². The van der Waals surface area contributed by atoms with Gasteiger partial charge >= 0.3 is 181 Å². The topological polar surface area (TPSA) is 59.1 Å². The minimum absolute atomic E-state index is 0.0296. The van der Waals surface area contributed by atoms with Crippen molar-refractivity contribution < 1.29 is 19.1 Å². The molecule has 1 aliphatic carbocycles. The number of allylic oxidation sites excluding steroid dienone is 2. The van der Waals surface area contributed by atoms with Gasteiger partial charge in [-0.2, -0.15) is 0 Å². The number of carbonyl (C=O) groups excluding carboxylic acids is 2. The zero-order chi connectivity index (χ0) is 22.0. The molecule has 0 spiro atoms. The van der Waals surface area contributed by atoms with E-state index in [1.165, 1.54) is 3.59 Å². The molecule has 1 unspecified atom stereocenters. The van der Waals surface area contributed by atoms with Crippen LogP contribution in [0, 0.1) is 11.3 Å². The van der Waals surface area contributed by atoms with Crippen LogP contribution in [0.4, 0.5) is 0 Å². The van der Waals surface area contributed by atoms with Crippen LogP contribution in [0.15, 0.2) is 21.7 Å². The van der Waals surface area contributed by atoms with Crippen LogP contribution in [0.1, 0.15) is 26.7 Å². The molecule has 1 aliphatic heterocycles. The summed E-state index contributed by atoms with van der Waals surface area (Å²) >= 11 is -2.49. The van der Waals surface area contributed by atoms with Crippen LogP contribution in [-0.2, 0) is 19.1 Å². The van der Waals surface area contributed by atoms with Crippen molar-refractivity contribution in [3.8, 4) is 0 Å². The van der Waals surface area contributed by atoms with Gasteiger partial charge in [-0.05, 0) is 0 Å². The SMILES string of the molecule is C=[C](C1CC(C(=O)OCC)(C(=O)OCC)C/C1=C/B1N(C)CCN1C)[Sn]([CH3])([CH3])[CH3]. The number of carbonyl (C=O) groups is 2. The van der Waals surface area contributed by atoms with E-state index in [2.05, 4.69) is 51.1 Å². The molecule has 162 valence electrons. The minimum atomic E-state index is -2.49. The number of rotatable bonds is 7. The maximum atomic E-state index is 13.0. The van der Waals surface area contributed by atoms with E-state index in [9.17, 15) is 9.59 Å². The molecule has 0 N–H and O–H groups in total. The van der Waals surface area contributed by atoms with Crippen LogP contribution >= 0.6 is 0 Å². The third-order valence-corrected chi connectivity index (χ3v) is 12.8.